The van der Waals surface area contributed by atoms with Crippen molar-refractivity contribution in [3.63, 3.8) is 0 Å². The Morgan fingerprint density at radius 3 is 2.76 bits per heavy atom. The van der Waals surface area contributed by atoms with Gasteiger partial charge in [-0.05, 0) is 38.1 Å². The Morgan fingerprint density at radius 2 is 2.18 bits per heavy atom. The zero-order chi connectivity index (χ0) is 12.7. The van der Waals surface area contributed by atoms with Crippen molar-refractivity contribution in [1.82, 2.24) is 5.32 Å². The van der Waals surface area contributed by atoms with Gasteiger partial charge in [0, 0.05) is 6.92 Å². The number of rotatable bonds is 6. The van der Waals surface area contributed by atoms with Crippen LogP contribution in [0, 0.1) is 0 Å². The van der Waals surface area contributed by atoms with E-state index in [2.05, 4.69) is 10.6 Å². The molecule has 17 heavy (non-hydrogen) atoms. The van der Waals surface area contributed by atoms with Gasteiger partial charge in [0.25, 0.3) is 0 Å². The van der Waals surface area contributed by atoms with E-state index in [4.69, 9.17) is 4.74 Å². The lowest BCUT2D eigenvalue weighted by Crippen LogP contribution is -2.12. The summed E-state index contributed by atoms with van der Waals surface area (Å²) in [6.07, 6.45) is 1.93. The van der Waals surface area contributed by atoms with Gasteiger partial charge in [0.1, 0.15) is 5.75 Å². The molecule has 0 bridgehead atoms. The van der Waals surface area contributed by atoms with Gasteiger partial charge in [0.15, 0.2) is 0 Å². The summed E-state index contributed by atoms with van der Waals surface area (Å²) < 4.78 is 5.26. The molecule has 0 saturated carbocycles. The minimum atomic E-state index is -0.0793. The van der Waals surface area contributed by atoms with E-state index in [0.717, 1.165) is 30.6 Å². The molecule has 0 aliphatic rings. The molecule has 1 amide bonds. The molecule has 1 rings (SSSR count). The van der Waals surface area contributed by atoms with Crippen molar-refractivity contribution in [2.24, 2.45) is 0 Å². The van der Waals surface area contributed by atoms with E-state index in [1.54, 1.807) is 7.11 Å². The molecule has 0 aliphatic heterocycles. The summed E-state index contributed by atoms with van der Waals surface area (Å²) in [5.74, 6) is 0.631. The Balaban J connectivity index is 2.89. The van der Waals surface area contributed by atoms with Crippen LogP contribution in [0.3, 0.4) is 0 Å². The van der Waals surface area contributed by atoms with Gasteiger partial charge in [-0.3, -0.25) is 4.79 Å². The van der Waals surface area contributed by atoms with Crippen molar-refractivity contribution >= 4 is 11.6 Å². The van der Waals surface area contributed by atoms with Gasteiger partial charge in [-0.15, -0.1) is 0 Å². The van der Waals surface area contributed by atoms with Crippen molar-refractivity contribution < 1.29 is 9.53 Å². The molecular weight excluding hydrogens is 216 g/mol. The number of aryl methyl sites for hydroxylation is 1. The largest absolute Gasteiger partial charge is 0.495 e. The number of nitrogens with one attached hydrogen (secondary N) is 2. The van der Waals surface area contributed by atoms with Crippen LogP contribution in [-0.2, 0) is 11.2 Å². The summed E-state index contributed by atoms with van der Waals surface area (Å²) in [6, 6.07) is 5.81. The molecule has 4 heteroatoms. The first-order valence-corrected chi connectivity index (χ1v) is 5.77. The van der Waals surface area contributed by atoms with Crippen LogP contribution < -0.4 is 15.4 Å². The highest BCUT2D eigenvalue weighted by molar-refractivity contribution is 5.91. The Kier molecular flexibility index (Phi) is 5.49. The van der Waals surface area contributed by atoms with E-state index in [1.807, 2.05) is 25.2 Å². The molecule has 4 nitrogen and oxygen atoms in total. The number of methoxy groups -OCH3 is 1. The van der Waals surface area contributed by atoms with Crippen LogP contribution in [0.1, 0.15) is 18.9 Å². The number of hydrogen-bond acceptors (Lipinski definition) is 3. The maximum atomic E-state index is 11.2. The van der Waals surface area contributed by atoms with E-state index < -0.39 is 0 Å². The summed E-state index contributed by atoms with van der Waals surface area (Å²) in [6.45, 7) is 2.46. The maximum Gasteiger partial charge on any atom is 0.221 e. The average molecular weight is 236 g/mol. The number of anilines is 1. The van der Waals surface area contributed by atoms with Crippen LogP contribution >= 0.6 is 0 Å². The van der Waals surface area contributed by atoms with Gasteiger partial charge in [-0.1, -0.05) is 12.1 Å². The van der Waals surface area contributed by atoms with Gasteiger partial charge in [0.2, 0.25) is 5.91 Å². The van der Waals surface area contributed by atoms with Crippen molar-refractivity contribution in [1.29, 1.82) is 0 Å². The molecule has 1 aromatic carbocycles. The second kappa shape index (κ2) is 6.91. The molecule has 0 fully saturated rings. The number of amides is 1. The van der Waals surface area contributed by atoms with E-state index in [0.29, 0.717) is 5.75 Å². The van der Waals surface area contributed by atoms with Crippen LogP contribution in [0.4, 0.5) is 5.69 Å². The molecule has 0 unspecified atom stereocenters. The van der Waals surface area contributed by atoms with Gasteiger partial charge < -0.3 is 15.4 Å². The highest BCUT2D eigenvalue weighted by Crippen LogP contribution is 2.29. The van der Waals surface area contributed by atoms with E-state index in [-0.39, 0.29) is 5.91 Å². The molecule has 1 aromatic rings. The zero-order valence-electron chi connectivity index (χ0n) is 10.7. The van der Waals surface area contributed by atoms with Crippen LogP contribution in [0.5, 0.6) is 5.75 Å². The monoisotopic (exact) mass is 236 g/mol. The Morgan fingerprint density at radius 1 is 1.41 bits per heavy atom. The molecule has 0 atom stereocenters. The lowest BCUT2D eigenvalue weighted by Gasteiger charge is -2.14. The molecular formula is C13H20N2O2. The summed E-state index contributed by atoms with van der Waals surface area (Å²) >= 11 is 0. The topological polar surface area (TPSA) is 50.4 Å². The number of hydrogen-bond donors (Lipinski definition) is 2. The van der Waals surface area contributed by atoms with Crippen LogP contribution in [0.25, 0.3) is 0 Å². The fraction of sp³-hybridized carbons (Fsp3) is 0.462. The van der Waals surface area contributed by atoms with Gasteiger partial charge in [-0.25, -0.2) is 0 Å². The fourth-order valence-electron chi connectivity index (χ4n) is 1.73. The molecule has 0 radical (unpaired) electrons. The van der Waals surface area contributed by atoms with Gasteiger partial charge in [0.05, 0.1) is 12.8 Å². The number of benzene rings is 1. The lowest BCUT2D eigenvalue weighted by atomic mass is 10.1. The normalized spacial score (nSPS) is 10.1. The first-order valence-electron chi connectivity index (χ1n) is 5.77. The second-order valence-electron chi connectivity index (χ2n) is 3.88. The van der Waals surface area contributed by atoms with Gasteiger partial charge in [-0.2, -0.15) is 0 Å². The number of ether oxygens (including phenoxy) is 1. The molecule has 2 N–H and O–H groups in total. The SMILES string of the molecule is CNCCCc1cccc(OC)c1NC(C)=O. The summed E-state index contributed by atoms with van der Waals surface area (Å²) in [5.41, 5.74) is 1.90. The number of para-hydroxylation sites is 1. The molecule has 0 heterocycles. The highest BCUT2D eigenvalue weighted by atomic mass is 16.5. The van der Waals surface area contributed by atoms with Crippen molar-refractivity contribution in [3.05, 3.63) is 23.8 Å². The Bertz CT molecular complexity index is 378. The number of carbonyl (C=O) groups excluding carboxylic acids is 1. The van der Waals surface area contributed by atoms with E-state index in [1.165, 1.54) is 6.92 Å². The zero-order valence-corrected chi connectivity index (χ0v) is 10.7. The minimum absolute atomic E-state index is 0.0793. The molecule has 0 spiro atoms. The summed E-state index contributed by atoms with van der Waals surface area (Å²) in [4.78, 5) is 11.2. The smallest absolute Gasteiger partial charge is 0.221 e. The summed E-state index contributed by atoms with van der Waals surface area (Å²) in [7, 11) is 3.54. The number of carbonyl (C=O) groups is 1. The minimum Gasteiger partial charge on any atom is -0.495 e. The van der Waals surface area contributed by atoms with E-state index >= 15 is 0 Å². The van der Waals surface area contributed by atoms with Crippen molar-refractivity contribution in [2.45, 2.75) is 19.8 Å². The Hall–Kier alpha value is -1.55. The van der Waals surface area contributed by atoms with Gasteiger partial charge >= 0.3 is 0 Å². The standard InChI is InChI=1S/C13H20N2O2/c1-10(16)15-13-11(7-5-9-14-2)6-4-8-12(13)17-3/h4,6,8,14H,5,7,9H2,1-3H3,(H,15,16). The fourth-order valence-corrected chi connectivity index (χ4v) is 1.73. The first-order chi connectivity index (χ1) is 8.19. The van der Waals surface area contributed by atoms with E-state index in [9.17, 15) is 4.79 Å². The third kappa shape index (κ3) is 4.07. The van der Waals surface area contributed by atoms with Crippen LogP contribution in [-0.4, -0.2) is 26.6 Å². The Labute approximate surface area is 102 Å². The summed E-state index contributed by atoms with van der Waals surface area (Å²) in [5, 5.41) is 5.94. The van der Waals surface area contributed by atoms with Crippen molar-refractivity contribution in [2.75, 3.05) is 26.0 Å². The van der Waals surface area contributed by atoms with Crippen LogP contribution in [0.15, 0.2) is 18.2 Å². The third-order valence-electron chi connectivity index (χ3n) is 2.51. The molecule has 94 valence electrons. The second-order valence-corrected chi connectivity index (χ2v) is 3.88. The first kappa shape index (κ1) is 13.5. The molecule has 0 saturated heterocycles. The van der Waals surface area contributed by atoms with Crippen LogP contribution in [0.2, 0.25) is 0 Å². The molecule has 0 aliphatic carbocycles. The predicted molar refractivity (Wildman–Crippen MR) is 69.5 cm³/mol. The van der Waals surface area contributed by atoms with Crippen molar-refractivity contribution in [3.8, 4) is 5.75 Å². The maximum absolute atomic E-state index is 11.2. The average Bonchev–Trinajstić information content (AvgIpc) is 2.30. The highest BCUT2D eigenvalue weighted by Gasteiger charge is 2.09. The third-order valence-corrected chi connectivity index (χ3v) is 2.51. The lowest BCUT2D eigenvalue weighted by molar-refractivity contribution is -0.114. The molecule has 0 aromatic heterocycles. The predicted octanol–water partition coefficient (Wildman–Crippen LogP) is 1.81. The quantitative estimate of drug-likeness (QED) is 0.741.